The minimum atomic E-state index is -0.573. The van der Waals surface area contributed by atoms with E-state index in [9.17, 15) is 8.78 Å². The summed E-state index contributed by atoms with van der Waals surface area (Å²) in [5.41, 5.74) is 1.53. The minimum Gasteiger partial charge on any atom is -0.207 e. The molecule has 0 heterocycles. The lowest BCUT2D eigenvalue weighted by Gasteiger charge is -2.15. The Hall–Kier alpha value is -1.26. The van der Waals surface area contributed by atoms with Crippen molar-refractivity contribution < 1.29 is 8.78 Å². The standard InChI is InChI=1S/C17H10Br2F2/c18-16-6-5-15(13-3-1-2-4-14(13)16)17(19)10-7-11(20)9-12(21)8-10/h1-9,17H. The van der Waals surface area contributed by atoms with E-state index in [0.717, 1.165) is 26.9 Å². The molecule has 0 aliphatic heterocycles. The molecule has 1 unspecified atom stereocenters. The van der Waals surface area contributed by atoms with Crippen LogP contribution in [0.15, 0.2) is 59.1 Å². The summed E-state index contributed by atoms with van der Waals surface area (Å²) < 4.78 is 27.8. The largest absolute Gasteiger partial charge is 0.207 e. The normalized spacial score (nSPS) is 12.6. The maximum Gasteiger partial charge on any atom is 0.126 e. The number of rotatable bonds is 2. The van der Waals surface area contributed by atoms with E-state index in [-0.39, 0.29) is 4.83 Å². The molecule has 0 amide bonds. The monoisotopic (exact) mass is 410 g/mol. The first-order valence-corrected chi connectivity index (χ1v) is 8.04. The van der Waals surface area contributed by atoms with Crippen LogP contribution in [-0.4, -0.2) is 0 Å². The van der Waals surface area contributed by atoms with Gasteiger partial charge in [-0.2, -0.15) is 0 Å². The van der Waals surface area contributed by atoms with Gasteiger partial charge in [-0.15, -0.1) is 0 Å². The highest BCUT2D eigenvalue weighted by molar-refractivity contribution is 9.10. The molecule has 0 aliphatic carbocycles. The maximum absolute atomic E-state index is 13.4. The van der Waals surface area contributed by atoms with Gasteiger partial charge in [0, 0.05) is 10.5 Å². The Balaban J connectivity index is 2.18. The van der Waals surface area contributed by atoms with E-state index >= 15 is 0 Å². The highest BCUT2D eigenvalue weighted by atomic mass is 79.9. The number of hydrogen-bond acceptors (Lipinski definition) is 0. The van der Waals surface area contributed by atoms with Gasteiger partial charge in [-0.05, 0) is 40.1 Å². The van der Waals surface area contributed by atoms with Crippen LogP contribution in [0.1, 0.15) is 16.0 Å². The molecule has 0 aliphatic rings. The summed E-state index contributed by atoms with van der Waals surface area (Å²) in [6.07, 6.45) is 0. The number of fused-ring (bicyclic) bond motifs is 1. The van der Waals surface area contributed by atoms with Gasteiger partial charge < -0.3 is 0 Å². The Labute approximate surface area is 138 Å². The van der Waals surface area contributed by atoms with Crippen LogP contribution >= 0.6 is 31.9 Å². The van der Waals surface area contributed by atoms with Gasteiger partial charge in [0.2, 0.25) is 0 Å². The smallest absolute Gasteiger partial charge is 0.126 e. The summed E-state index contributed by atoms with van der Waals surface area (Å²) in [6, 6.07) is 15.4. The molecule has 0 saturated heterocycles. The van der Waals surface area contributed by atoms with Crippen LogP contribution in [0.3, 0.4) is 0 Å². The third kappa shape index (κ3) is 2.87. The summed E-state index contributed by atoms with van der Waals surface area (Å²) in [5.74, 6) is -1.15. The molecule has 0 N–H and O–H groups in total. The molecule has 1 atom stereocenters. The lowest BCUT2D eigenvalue weighted by Crippen LogP contribution is -1.96. The van der Waals surface area contributed by atoms with Crippen molar-refractivity contribution in [3.63, 3.8) is 0 Å². The summed E-state index contributed by atoms with van der Waals surface area (Å²) in [5, 5.41) is 2.11. The third-order valence-corrected chi connectivity index (χ3v) is 5.07. The van der Waals surface area contributed by atoms with Crippen LogP contribution in [0.4, 0.5) is 8.78 Å². The molecule has 0 spiro atoms. The van der Waals surface area contributed by atoms with E-state index in [0.29, 0.717) is 5.56 Å². The van der Waals surface area contributed by atoms with Gasteiger partial charge in [0.25, 0.3) is 0 Å². The molecule has 0 saturated carbocycles. The quantitative estimate of drug-likeness (QED) is 0.430. The van der Waals surface area contributed by atoms with Gasteiger partial charge in [-0.1, -0.05) is 62.2 Å². The van der Waals surface area contributed by atoms with Crippen molar-refractivity contribution in [1.29, 1.82) is 0 Å². The van der Waals surface area contributed by atoms with E-state index < -0.39 is 11.6 Å². The van der Waals surface area contributed by atoms with Crippen molar-refractivity contribution in [2.24, 2.45) is 0 Å². The van der Waals surface area contributed by atoms with Crippen LogP contribution < -0.4 is 0 Å². The van der Waals surface area contributed by atoms with E-state index in [1.54, 1.807) is 0 Å². The van der Waals surface area contributed by atoms with Gasteiger partial charge in [0.05, 0.1) is 4.83 Å². The van der Waals surface area contributed by atoms with Gasteiger partial charge >= 0.3 is 0 Å². The predicted molar refractivity (Wildman–Crippen MR) is 88.8 cm³/mol. The highest BCUT2D eigenvalue weighted by Gasteiger charge is 2.16. The van der Waals surface area contributed by atoms with Crippen LogP contribution in [0.25, 0.3) is 10.8 Å². The van der Waals surface area contributed by atoms with E-state index in [1.807, 2.05) is 36.4 Å². The van der Waals surface area contributed by atoms with Gasteiger partial charge in [0.1, 0.15) is 11.6 Å². The Morgan fingerprint density at radius 3 is 2.10 bits per heavy atom. The number of hydrogen-bond donors (Lipinski definition) is 0. The summed E-state index contributed by atoms with van der Waals surface area (Å²) >= 11 is 7.08. The average molecular weight is 412 g/mol. The highest BCUT2D eigenvalue weighted by Crippen LogP contribution is 2.38. The molecule has 0 fully saturated rings. The summed E-state index contributed by atoms with van der Waals surface area (Å²) in [7, 11) is 0. The Morgan fingerprint density at radius 2 is 1.43 bits per heavy atom. The van der Waals surface area contributed by atoms with Gasteiger partial charge in [-0.3, -0.25) is 0 Å². The van der Waals surface area contributed by atoms with Crippen molar-refractivity contribution in [2.75, 3.05) is 0 Å². The minimum absolute atomic E-state index is 0.277. The van der Waals surface area contributed by atoms with Gasteiger partial charge in [0.15, 0.2) is 0 Å². The number of halogens is 4. The Morgan fingerprint density at radius 1 is 0.810 bits per heavy atom. The summed E-state index contributed by atoms with van der Waals surface area (Å²) in [4.78, 5) is -0.277. The molecular formula is C17H10Br2F2. The second-order valence-corrected chi connectivity index (χ2v) is 6.52. The van der Waals surface area contributed by atoms with Crippen molar-refractivity contribution in [3.8, 4) is 0 Å². The van der Waals surface area contributed by atoms with E-state index in [4.69, 9.17) is 0 Å². The molecule has 3 aromatic carbocycles. The molecule has 0 nitrogen and oxygen atoms in total. The molecule has 0 radical (unpaired) electrons. The average Bonchev–Trinajstić information content (AvgIpc) is 2.46. The summed E-state index contributed by atoms with van der Waals surface area (Å²) in [6.45, 7) is 0. The SMILES string of the molecule is Fc1cc(F)cc(C(Br)c2ccc(Br)c3ccccc23)c1. The first-order chi connectivity index (χ1) is 10.1. The Bertz CT molecular complexity index is 795. The molecule has 3 aromatic rings. The molecule has 0 bridgehead atoms. The van der Waals surface area contributed by atoms with Crippen molar-refractivity contribution in [2.45, 2.75) is 4.83 Å². The topological polar surface area (TPSA) is 0 Å². The molecule has 3 rings (SSSR count). The van der Waals surface area contributed by atoms with Crippen molar-refractivity contribution in [1.82, 2.24) is 0 Å². The van der Waals surface area contributed by atoms with Crippen LogP contribution in [0.5, 0.6) is 0 Å². The second kappa shape index (κ2) is 5.85. The van der Waals surface area contributed by atoms with Crippen LogP contribution in [0, 0.1) is 11.6 Å². The fourth-order valence-electron chi connectivity index (χ4n) is 2.41. The molecule has 106 valence electrons. The molecule has 4 heteroatoms. The Kier molecular flexibility index (Phi) is 4.09. The van der Waals surface area contributed by atoms with Crippen LogP contribution in [0.2, 0.25) is 0 Å². The first kappa shape index (κ1) is 14.7. The second-order valence-electron chi connectivity index (χ2n) is 4.75. The number of alkyl halides is 1. The zero-order valence-electron chi connectivity index (χ0n) is 10.8. The van der Waals surface area contributed by atoms with E-state index in [2.05, 4.69) is 31.9 Å². The van der Waals surface area contributed by atoms with Gasteiger partial charge in [-0.25, -0.2) is 8.78 Å². The number of benzene rings is 3. The zero-order chi connectivity index (χ0) is 15.0. The first-order valence-electron chi connectivity index (χ1n) is 6.33. The fourth-order valence-corrected chi connectivity index (χ4v) is 3.55. The van der Waals surface area contributed by atoms with E-state index in [1.165, 1.54) is 12.1 Å². The lowest BCUT2D eigenvalue weighted by atomic mass is 9.98. The predicted octanol–water partition coefficient (Wildman–Crippen LogP) is 6.36. The third-order valence-electron chi connectivity index (χ3n) is 3.36. The van der Waals surface area contributed by atoms with Crippen molar-refractivity contribution in [3.05, 3.63) is 81.8 Å². The maximum atomic E-state index is 13.4. The zero-order valence-corrected chi connectivity index (χ0v) is 14.0. The molecule has 21 heavy (non-hydrogen) atoms. The fraction of sp³-hybridized carbons (Fsp3) is 0.0588. The van der Waals surface area contributed by atoms with Crippen LogP contribution in [-0.2, 0) is 0 Å². The molecule has 0 aromatic heterocycles. The lowest BCUT2D eigenvalue weighted by molar-refractivity contribution is 0.580. The molecular weight excluding hydrogens is 402 g/mol. The van der Waals surface area contributed by atoms with Crippen molar-refractivity contribution >= 4 is 42.6 Å².